The fraction of sp³-hybridized carbons (Fsp3) is 0.0769. The lowest BCUT2D eigenvalue weighted by Crippen LogP contribution is -2.14. The molecule has 3 N–H and O–H groups in total. The third kappa shape index (κ3) is 4.15. The number of nitrogens with zero attached hydrogens (tertiary/aromatic N) is 1. The highest BCUT2D eigenvalue weighted by molar-refractivity contribution is 8.00. The zero-order valence-electron chi connectivity index (χ0n) is 9.97. The number of aromatic nitrogens is 1. The summed E-state index contributed by atoms with van der Waals surface area (Å²) in [4.78, 5) is 16.5. The van der Waals surface area contributed by atoms with Gasteiger partial charge in [-0.2, -0.15) is 0 Å². The minimum absolute atomic E-state index is 0.108. The van der Waals surface area contributed by atoms with E-state index >= 15 is 0 Å². The summed E-state index contributed by atoms with van der Waals surface area (Å²) in [5.74, 6) is 0.171. The predicted molar refractivity (Wildman–Crippen MR) is 79.5 cm³/mol. The highest BCUT2D eigenvalue weighted by Gasteiger charge is 2.06. The third-order valence-corrected chi connectivity index (χ3v) is 3.60. The normalized spacial score (nSPS) is 10.2. The number of hydrogen-bond acceptors (Lipinski definition) is 4. The number of pyridine rings is 1. The number of rotatable bonds is 4. The van der Waals surface area contributed by atoms with Crippen LogP contribution in [0.25, 0.3) is 0 Å². The van der Waals surface area contributed by atoms with E-state index in [4.69, 9.17) is 17.3 Å². The number of carbonyl (C=O) groups excluding carboxylic acids is 1. The first kappa shape index (κ1) is 13.7. The second-order valence-corrected chi connectivity index (χ2v) is 5.21. The molecule has 0 saturated carbocycles. The van der Waals surface area contributed by atoms with Crippen molar-refractivity contribution in [3.05, 3.63) is 47.7 Å². The Morgan fingerprint density at radius 1 is 1.42 bits per heavy atom. The predicted octanol–water partition coefficient (Wildman–Crippen LogP) is 3.05. The first-order chi connectivity index (χ1) is 9.15. The van der Waals surface area contributed by atoms with Crippen LogP contribution in [0.5, 0.6) is 0 Å². The van der Waals surface area contributed by atoms with E-state index in [2.05, 4.69) is 10.3 Å². The Labute approximate surface area is 120 Å². The van der Waals surface area contributed by atoms with Crippen LogP contribution in [0.4, 0.5) is 11.4 Å². The summed E-state index contributed by atoms with van der Waals surface area (Å²) in [7, 11) is 0. The number of hydrogen-bond donors (Lipinski definition) is 2. The van der Waals surface area contributed by atoms with Crippen molar-refractivity contribution in [1.82, 2.24) is 4.98 Å². The molecule has 1 aromatic heterocycles. The molecule has 0 aliphatic carbocycles. The molecule has 2 rings (SSSR count). The molecule has 19 heavy (non-hydrogen) atoms. The topological polar surface area (TPSA) is 68.0 Å². The maximum Gasteiger partial charge on any atom is 0.234 e. The lowest BCUT2D eigenvalue weighted by atomic mass is 10.3. The molecular weight excluding hydrogens is 282 g/mol. The molecule has 6 heteroatoms. The Hall–Kier alpha value is -1.72. The molecule has 1 heterocycles. The number of halogens is 1. The van der Waals surface area contributed by atoms with Gasteiger partial charge in [-0.05, 0) is 24.3 Å². The van der Waals surface area contributed by atoms with Crippen molar-refractivity contribution >= 4 is 40.6 Å². The molecular formula is C13H12ClN3OS. The second kappa shape index (κ2) is 6.45. The van der Waals surface area contributed by atoms with Crippen LogP contribution < -0.4 is 11.1 Å². The van der Waals surface area contributed by atoms with E-state index in [9.17, 15) is 4.79 Å². The van der Waals surface area contributed by atoms with E-state index in [0.717, 1.165) is 4.90 Å². The fourth-order valence-electron chi connectivity index (χ4n) is 1.43. The quantitative estimate of drug-likeness (QED) is 0.850. The summed E-state index contributed by atoms with van der Waals surface area (Å²) in [6.45, 7) is 0. The zero-order valence-corrected chi connectivity index (χ0v) is 11.5. The van der Waals surface area contributed by atoms with Gasteiger partial charge in [-0.25, -0.2) is 0 Å². The van der Waals surface area contributed by atoms with E-state index in [0.29, 0.717) is 16.4 Å². The summed E-state index contributed by atoms with van der Waals surface area (Å²) in [5, 5.41) is 3.36. The molecule has 0 aliphatic rings. The molecule has 0 radical (unpaired) electrons. The summed E-state index contributed by atoms with van der Waals surface area (Å²) in [6, 6.07) is 8.81. The standard InChI is InChI=1S/C13H12ClN3OS/c14-9-2-1-3-10(6-9)17-13(18)8-19-12-4-5-16-7-11(12)15/h1-7H,8,15H2,(H,17,18). The highest BCUT2D eigenvalue weighted by atomic mass is 35.5. The Kier molecular flexibility index (Phi) is 4.65. The van der Waals surface area contributed by atoms with E-state index in [1.54, 1.807) is 42.7 Å². The molecule has 98 valence electrons. The number of nitrogen functional groups attached to an aromatic ring is 1. The van der Waals surface area contributed by atoms with Gasteiger partial charge in [-0.15, -0.1) is 11.8 Å². The van der Waals surface area contributed by atoms with Gasteiger partial charge in [0.2, 0.25) is 5.91 Å². The lowest BCUT2D eigenvalue weighted by Gasteiger charge is -2.06. The van der Waals surface area contributed by atoms with Gasteiger partial charge in [-0.3, -0.25) is 9.78 Å². The molecule has 4 nitrogen and oxygen atoms in total. The number of nitrogens with one attached hydrogen (secondary N) is 1. The Balaban J connectivity index is 1.90. The van der Waals surface area contributed by atoms with Gasteiger partial charge >= 0.3 is 0 Å². The molecule has 0 aliphatic heterocycles. The number of anilines is 2. The van der Waals surface area contributed by atoms with Gasteiger partial charge in [0.15, 0.2) is 0 Å². The minimum Gasteiger partial charge on any atom is -0.397 e. The Morgan fingerprint density at radius 3 is 3.00 bits per heavy atom. The third-order valence-electron chi connectivity index (χ3n) is 2.28. The van der Waals surface area contributed by atoms with Crippen LogP contribution >= 0.6 is 23.4 Å². The van der Waals surface area contributed by atoms with Crippen LogP contribution in [0.1, 0.15) is 0 Å². The van der Waals surface area contributed by atoms with Crippen LogP contribution in [-0.2, 0) is 4.79 Å². The summed E-state index contributed by atoms with van der Waals surface area (Å²) < 4.78 is 0. The highest BCUT2D eigenvalue weighted by Crippen LogP contribution is 2.23. The van der Waals surface area contributed by atoms with Crippen molar-refractivity contribution in [2.45, 2.75) is 4.90 Å². The average Bonchev–Trinajstić information content (AvgIpc) is 2.38. The van der Waals surface area contributed by atoms with E-state index < -0.39 is 0 Å². The van der Waals surface area contributed by atoms with Crippen molar-refractivity contribution < 1.29 is 4.79 Å². The number of benzene rings is 1. The van der Waals surface area contributed by atoms with Crippen LogP contribution in [0, 0.1) is 0 Å². The average molecular weight is 294 g/mol. The number of nitrogens with two attached hydrogens (primary N) is 1. The smallest absolute Gasteiger partial charge is 0.234 e. The second-order valence-electron chi connectivity index (χ2n) is 3.76. The van der Waals surface area contributed by atoms with Crippen LogP contribution in [0.15, 0.2) is 47.6 Å². The van der Waals surface area contributed by atoms with Crippen molar-refractivity contribution in [2.75, 3.05) is 16.8 Å². The largest absolute Gasteiger partial charge is 0.397 e. The maximum absolute atomic E-state index is 11.8. The Bertz CT molecular complexity index is 592. The van der Waals surface area contributed by atoms with Gasteiger partial charge in [0.1, 0.15) is 0 Å². The van der Waals surface area contributed by atoms with Gasteiger partial charge in [-0.1, -0.05) is 17.7 Å². The van der Waals surface area contributed by atoms with E-state index in [1.165, 1.54) is 11.8 Å². The maximum atomic E-state index is 11.8. The monoisotopic (exact) mass is 293 g/mol. The van der Waals surface area contributed by atoms with Gasteiger partial charge < -0.3 is 11.1 Å². The molecule has 1 aromatic carbocycles. The van der Waals surface area contributed by atoms with Crippen LogP contribution in [0.3, 0.4) is 0 Å². The number of carbonyl (C=O) groups is 1. The van der Waals surface area contributed by atoms with Gasteiger partial charge in [0, 0.05) is 21.8 Å². The van der Waals surface area contributed by atoms with E-state index in [1.807, 2.05) is 0 Å². The molecule has 2 aromatic rings. The SMILES string of the molecule is Nc1cnccc1SCC(=O)Nc1cccc(Cl)c1. The van der Waals surface area contributed by atoms with Crippen molar-refractivity contribution in [3.63, 3.8) is 0 Å². The van der Waals surface area contributed by atoms with Crippen molar-refractivity contribution in [1.29, 1.82) is 0 Å². The Morgan fingerprint density at radius 2 is 2.26 bits per heavy atom. The van der Waals surface area contributed by atoms with Crippen molar-refractivity contribution in [2.24, 2.45) is 0 Å². The summed E-state index contributed by atoms with van der Waals surface area (Å²) >= 11 is 7.21. The molecule has 0 fully saturated rings. The first-order valence-corrected chi connectivity index (χ1v) is 6.89. The first-order valence-electron chi connectivity index (χ1n) is 5.53. The molecule has 0 atom stereocenters. The molecule has 1 amide bonds. The minimum atomic E-state index is -0.108. The number of amides is 1. The van der Waals surface area contributed by atoms with E-state index in [-0.39, 0.29) is 11.7 Å². The van der Waals surface area contributed by atoms with Gasteiger partial charge in [0.05, 0.1) is 17.6 Å². The van der Waals surface area contributed by atoms with Crippen LogP contribution in [-0.4, -0.2) is 16.6 Å². The zero-order chi connectivity index (χ0) is 13.7. The number of thioether (sulfide) groups is 1. The van der Waals surface area contributed by atoms with Crippen molar-refractivity contribution in [3.8, 4) is 0 Å². The molecule has 0 spiro atoms. The summed E-state index contributed by atoms with van der Waals surface area (Å²) in [5.41, 5.74) is 7.00. The molecule has 0 bridgehead atoms. The lowest BCUT2D eigenvalue weighted by molar-refractivity contribution is -0.113. The molecule has 0 saturated heterocycles. The summed E-state index contributed by atoms with van der Waals surface area (Å²) in [6.07, 6.45) is 3.21. The fourth-order valence-corrected chi connectivity index (χ4v) is 2.36. The van der Waals surface area contributed by atoms with Crippen LogP contribution in [0.2, 0.25) is 5.02 Å². The molecule has 0 unspecified atom stereocenters. The van der Waals surface area contributed by atoms with Gasteiger partial charge in [0.25, 0.3) is 0 Å².